The highest BCUT2D eigenvalue weighted by molar-refractivity contribution is 7.83. The Bertz CT molecular complexity index is 1140. The van der Waals surface area contributed by atoms with Gasteiger partial charge in [0.1, 0.15) is 5.82 Å². The maximum atomic E-state index is 12.2. The van der Waals surface area contributed by atoms with Crippen LogP contribution in [-0.4, -0.2) is 32.9 Å². The van der Waals surface area contributed by atoms with Crippen LogP contribution in [0.2, 0.25) is 0 Å². The third kappa shape index (κ3) is 4.26. The van der Waals surface area contributed by atoms with Crippen LogP contribution in [0.15, 0.2) is 54.9 Å². The van der Waals surface area contributed by atoms with Crippen LogP contribution in [0.4, 0.5) is 11.5 Å². The van der Waals surface area contributed by atoms with E-state index < -0.39 is 10.8 Å². The number of carbonyl (C=O) groups is 1. The molecule has 7 heteroatoms. The second-order valence-electron chi connectivity index (χ2n) is 8.14. The minimum Gasteiger partial charge on any atom is -0.351 e. The fourth-order valence-electron chi connectivity index (χ4n) is 3.64. The molecule has 6 nitrogen and oxygen atoms in total. The van der Waals surface area contributed by atoms with E-state index in [1.807, 2.05) is 36.4 Å². The summed E-state index contributed by atoms with van der Waals surface area (Å²) in [6, 6.07) is 13.7. The number of fused-ring (bicyclic) bond motifs is 1. The van der Waals surface area contributed by atoms with Crippen LogP contribution in [0.3, 0.4) is 0 Å². The Kier molecular flexibility index (Phi) is 5.39. The summed E-state index contributed by atoms with van der Waals surface area (Å²) in [5.74, 6) is 1.10. The van der Waals surface area contributed by atoms with Crippen molar-refractivity contribution in [2.24, 2.45) is 0 Å². The average Bonchev–Trinajstić information content (AvgIpc) is 2.71. The van der Waals surface area contributed by atoms with Gasteiger partial charge in [0.15, 0.2) is 0 Å². The summed E-state index contributed by atoms with van der Waals surface area (Å²) in [4.78, 5) is 20.9. The maximum Gasteiger partial charge on any atom is 0.251 e. The molecule has 0 fully saturated rings. The number of nitrogens with zero attached hydrogens (tertiary/aromatic N) is 2. The predicted octanol–water partition coefficient (Wildman–Crippen LogP) is 3.79. The molecule has 30 heavy (non-hydrogen) atoms. The van der Waals surface area contributed by atoms with Crippen LogP contribution < -0.4 is 10.6 Å². The first-order valence-corrected chi connectivity index (χ1v) is 11.5. The third-order valence-corrected chi connectivity index (χ3v) is 5.92. The number of anilines is 2. The van der Waals surface area contributed by atoms with Crippen molar-refractivity contribution in [2.75, 3.05) is 18.1 Å². The van der Waals surface area contributed by atoms with Crippen LogP contribution in [0.25, 0.3) is 11.1 Å². The lowest BCUT2D eigenvalue weighted by Gasteiger charge is -2.32. The Hall–Kier alpha value is -3.06. The highest BCUT2D eigenvalue weighted by Gasteiger charge is 2.31. The lowest BCUT2D eigenvalue weighted by molar-refractivity contribution is 0.0930. The molecule has 1 unspecified atom stereocenters. The maximum absolute atomic E-state index is 12.2. The van der Waals surface area contributed by atoms with Gasteiger partial charge in [-0.15, -0.1) is 0 Å². The van der Waals surface area contributed by atoms with E-state index in [1.165, 1.54) is 0 Å². The van der Waals surface area contributed by atoms with Gasteiger partial charge in [-0.1, -0.05) is 19.9 Å². The SMILES string of the molecule is CS(=O)Cc1cc(Nc2cc(-c3ccc4c(c3)C(C)(C)CNC4=O)ccn2)ccn1. The molecule has 1 aliphatic rings. The van der Waals surface area contributed by atoms with Gasteiger partial charge in [0.25, 0.3) is 5.91 Å². The fourth-order valence-corrected chi connectivity index (χ4v) is 4.22. The van der Waals surface area contributed by atoms with Gasteiger partial charge in [0.2, 0.25) is 0 Å². The molecule has 0 saturated carbocycles. The van der Waals surface area contributed by atoms with E-state index in [4.69, 9.17) is 0 Å². The fraction of sp³-hybridized carbons (Fsp3) is 0.261. The number of rotatable bonds is 5. The zero-order chi connectivity index (χ0) is 21.3. The molecule has 2 aromatic heterocycles. The minimum absolute atomic E-state index is 0.0190. The van der Waals surface area contributed by atoms with Crippen molar-refractivity contribution in [3.05, 3.63) is 71.7 Å². The molecule has 0 radical (unpaired) electrons. The van der Waals surface area contributed by atoms with Crippen molar-refractivity contribution < 1.29 is 9.00 Å². The number of carbonyl (C=O) groups excluding carboxylic acids is 1. The first-order valence-electron chi connectivity index (χ1n) is 9.73. The van der Waals surface area contributed by atoms with Gasteiger partial charge in [-0.2, -0.15) is 0 Å². The van der Waals surface area contributed by atoms with Gasteiger partial charge in [0, 0.05) is 52.7 Å². The molecule has 2 N–H and O–H groups in total. The molecule has 1 amide bonds. The Morgan fingerprint density at radius 3 is 2.63 bits per heavy atom. The lowest BCUT2D eigenvalue weighted by Crippen LogP contribution is -2.43. The van der Waals surface area contributed by atoms with Crippen LogP contribution >= 0.6 is 0 Å². The molecule has 1 atom stereocenters. The Balaban J connectivity index is 1.63. The Morgan fingerprint density at radius 2 is 1.83 bits per heavy atom. The number of hydrogen-bond donors (Lipinski definition) is 2. The van der Waals surface area contributed by atoms with E-state index in [0.29, 0.717) is 18.1 Å². The summed E-state index contributed by atoms with van der Waals surface area (Å²) in [6.45, 7) is 4.90. The third-order valence-electron chi connectivity index (χ3n) is 5.22. The first-order chi connectivity index (χ1) is 14.3. The highest BCUT2D eigenvalue weighted by atomic mass is 32.2. The molecular formula is C23H24N4O2S. The molecule has 0 saturated heterocycles. The van der Waals surface area contributed by atoms with E-state index >= 15 is 0 Å². The summed E-state index contributed by atoms with van der Waals surface area (Å²) >= 11 is 0. The smallest absolute Gasteiger partial charge is 0.251 e. The van der Waals surface area contributed by atoms with E-state index in [0.717, 1.165) is 33.6 Å². The molecule has 154 valence electrons. The van der Waals surface area contributed by atoms with Gasteiger partial charge in [-0.3, -0.25) is 14.0 Å². The topological polar surface area (TPSA) is 84.0 Å². The zero-order valence-electron chi connectivity index (χ0n) is 17.2. The van der Waals surface area contributed by atoms with Crippen molar-refractivity contribution in [1.29, 1.82) is 0 Å². The summed E-state index contributed by atoms with van der Waals surface area (Å²) < 4.78 is 11.5. The Morgan fingerprint density at radius 1 is 1.07 bits per heavy atom. The molecule has 1 aliphatic heterocycles. The molecular weight excluding hydrogens is 396 g/mol. The lowest BCUT2D eigenvalue weighted by atomic mass is 9.78. The van der Waals surface area contributed by atoms with E-state index in [1.54, 1.807) is 18.6 Å². The van der Waals surface area contributed by atoms with Crippen molar-refractivity contribution in [2.45, 2.75) is 25.0 Å². The molecule has 3 heterocycles. The van der Waals surface area contributed by atoms with E-state index in [2.05, 4.69) is 40.5 Å². The molecule has 1 aromatic carbocycles. The highest BCUT2D eigenvalue weighted by Crippen LogP contribution is 2.33. The quantitative estimate of drug-likeness (QED) is 0.656. The predicted molar refractivity (Wildman–Crippen MR) is 120 cm³/mol. The Labute approximate surface area is 178 Å². The monoisotopic (exact) mass is 420 g/mol. The molecule has 0 spiro atoms. The van der Waals surface area contributed by atoms with Crippen molar-refractivity contribution in [3.63, 3.8) is 0 Å². The second kappa shape index (κ2) is 7.99. The molecule has 4 rings (SSSR count). The van der Waals surface area contributed by atoms with Crippen molar-refractivity contribution in [3.8, 4) is 11.1 Å². The van der Waals surface area contributed by atoms with Crippen LogP contribution in [0, 0.1) is 0 Å². The summed E-state index contributed by atoms with van der Waals surface area (Å²) in [5.41, 5.74) is 5.34. The summed E-state index contributed by atoms with van der Waals surface area (Å²) in [7, 11) is -0.945. The summed E-state index contributed by atoms with van der Waals surface area (Å²) in [5, 5.41) is 6.26. The second-order valence-corrected chi connectivity index (χ2v) is 9.57. The van der Waals surface area contributed by atoms with Gasteiger partial charge in [0.05, 0.1) is 11.4 Å². The van der Waals surface area contributed by atoms with Gasteiger partial charge < -0.3 is 10.6 Å². The van der Waals surface area contributed by atoms with Gasteiger partial charge >= 0.3 is 0 Å². The van der Waals surface area contributed by atoms with Crippen molar-refractivity contribution >= 4 is 28.2 Å². The standard InChI is InChI=1S/C23H24N4O2S/c1-23(2)14-26-22(28)19-5-4-15(10-20(19)23)16-6-8-25-21(11-16)27-17-7-9-24-18(12-17)13-30(3)29/h4-12H,13-14H2,1-3H3,(H,26,28)(H,24,25,27). The van der Waals surface area contributed by atoms with Crippen molar-refractivity contribution in [1.82, 2.24) is 15.3 Å². The van der Waals surface area contributed by atoms with Crippen LogP contribution in [0.1, 0.15) is 35.5 Å². The van der Waals surface area contributed by atoms with Crippen LogP contribution in [-0.2, 0) is 22.0 Å². The number of aromatic nitrogens is 2. The van der Waals surface area contributed by atoms with Gasteiger partial charge in [-0.25, -0.2) is 4.98 Å². The summed E-state index contributed by atoms with van der Waals surface area (Å²) in [6.07, 6.45) is 5.12. The zero-order valence-corrected chi connectivity index (χ0v) is 18.0. The normalized spacial score (nSPS) is 15.8. The number of amides is 1. The van der Waals surface area contributed by atoms with Gasteiger partial charge in [-0.05, 0) is 53.1 Å². The molecule has 0 bridgehead atoms. The number of pyridine rings is 2. The minimum atomic E-state index is -0.945. The average molecular weight is 421 g/mol. The number of nitrogens with one attached hydrogen (secondary N) is 2. The van der Waals surface area contributed by atoms with E-state index in [9.17, 15) is 9.00 Å². The molecule has 3 aromatic rings. The first kappa shape index (κ1) is 20.2. The van der Waals surface area contributed by atoms with E-state index in [-0.39, 0.29) is 11.3 Å². The number of benzene rings is 1. The number of hydrogen-bond acceptors (Lipinski definition) is 5. The molecule has 0 aliphatic carbocycles. The van der Waals surface area contributed by atoms with Crippen LogP contribution in [0.5, 0.6) is 0 Å². The largest absolute Gasteiger partial charge is 0.351 e.